The van der Waals surface area contributed by atoms with E-state index in [-0.39, 0.29) is 24.3 Å². The van der Waals surface area contributed by atoms with Gasteiger partial charge in [0.05, 0.1) is 15.9 Å². The second kappa shape index (κ2) is 10.9. The fourth-order valence-corrected chi connectivity index (χ4v) is 4.58. The lowest BCUT2D eigenvalue weighted by Crippen LogP contribution is -2.32. The topological polar surface area (TPSA) is 55.8 Å². The van der Waals surface area contributed by atoms with E-state index in [1.54, 1.807) is 6.08 Å². The Balaban J connectivity index is 1.36. The summed E-state index contributed by atoms with van der Waals surface area (Å²) in [5.74, 6) is 1.05. The standard InChI is InChI=1S/C25H19BrClNO4S/c26-21-14-18(8-11-22(21)32-16-17-6-9-19(27)10-7-17)15-23-24(29)28(25(30)33-23)12-13-31-20-4-2-1-3-5-20/h1-11,14-15H,12-13,16H2/b23-15-. The Morgan fingerprint density at radius 3 is 2.45 bits per heavy atom. The van der Waals surface area contributed by atoms with Crippen LogP contribution < -0.4 is 9.47 Å². The Hall–Kier alpha value is -2.74. The van der Waals surface area contributed by atoms with Crippen molar-refractivity contribution in [1.82, 2.24) is 4.90 Å². The predicted octanol–water partition coefficient (Wildman–Crippen LogP) is 6.80. The van der Waals surface area contributed by atoms with Gasteiger partial charge in [-0.15, -0.1) is 0 Å². The molecular weight excluding hydrogens is 526 g/mol. The molecular formula is C25H19BrClNO4S. The lowest BCUT2D eigenvalue weighted by molar-refractivity contribution is -0.123. The van der Waals surface area contributed by atoms with Crippen molar-refractivity contribution < 1.29 is 19.1 Å². The highest BCUT2D eigenvalue weighted by Crippen LogP contribution is 2.34. The Bertz CT molecular complexity index is 1180. The van der Waals surface area contributed by atoms with Gasteiger partial charge in [-0.05, 0) is 81.3 Å². The maximum atomic E-state index is 12.7. The average molecular weight is 545 g/mol. The Morgan fingerprint density at radius 2 is 1.73 bits per heavy atom. The third-order valence-electron chi connectivity index (χ3n) is 4.76. The van der Waals surface area contributed by atoms with Crippen LogP contribution in [0.3, 0.4) is 0 Å². The zero-order valence-electron chi connectivity index (χ0n) is 17.4. The Morgan fingerprint density at radius 1 is 0.970 bits per heavy atom. The van der Waals surface area contributed by atoms with Gasteiger partial charge in [0.15, 0.2) is 0 Å². The highest BCUT2D eigenvalue weighted by molar-refractivity contribution is 9.10. The van der Waals surface area contributed by atoms with E-state index in [4.69, 9.17) is 21.1 Å². The zero-order valence-corrected chi connectivity index (χ0v) is 20.5. The van der Waals surface area contributed by atoms with Crippen molar-refractivity contribution in [3.63, 3.8) is 0 Å². The molecule has 1 aliphatic heterocycles. The number of nitrogens with zero attached hydrogens (tertiary/aromatic N) is 1. The largest absolute Gasteiger partial charge is 0.492 e. The summed E-state index contributed by atoms with van der Waals surface area (Å²) < 4.78 is 12.2. The van der Waals surface area contributed by atoms with Crippen LogP contribution in [0.1, 0.15) is 11.1 Å². The molecule has 1 saturated heterocycles. The maximum absolute atomic E-state index is 12.7. The minimum atomic E-state index is -0.319. The molecule has 1 heterocycles. The highest BCUT2D eigenvalue weighted by Gasteiger charge is 2.34. The Labute approximate surface area is 209 Å². The first kappa shape index (κ1) is 23.4. The van der Waals surface area contributed by atoms with Crippen LogP contribution in [-0.4, -0.2) is 29.2 Å². The molecule has 0 radical (unpaired) electrons. The molecule has 2 amide bonds. The van der Waals surface area contributed by atoms with Crippen LogP contribution in [0.2, 0.25) is 5.02 Å². The number of rotatable bonds is 8. The van der Waals surface area contributed by atoms with Crippen LogP contribution >= 0.6 is 39.3 Å². The predicted molar refractivity (Wildman–Crippen MR) is 135 cm³/mol. The number of imide groups is 1. The molecule has 0 aliphatic carbocycles. The average Bonchev–Trinajstić information content (AvgIpc) is 3.07. The Kier molecular flexibility index (Phi) is 7.75. The van der Waals surface area contributed by atoms with Crippen molar-refractivity contribution in [3.8, 4) is 11.5 Å². The number of carbonyl (C=O) groups is 2. The summed E-state index contributed by atoms with van der Waals surface area (Å²) >= 11 is 10.4. The maximum Gasteiger partial charge on any atom is 0.293 e. The zero-order chi connectivity index (χ0) is 23.2. The van der Waals surface area contributed by atoms with Crippen LogP contribution in [0.5, 0.6) is 11.5 Å². The summed E-state index contributed by atoms with van der Waals surface area (Å²) in [6.07, 6.45) is 1.71. The number of hydrogen-bond donors (Lipinski definition) is 0. The van der Waals surface area contributed by atoms with Crippen molar-refractivity contribution in [3.05, 3.63) is 98.3 Å². The SMILES string of the molecule is O=C1S/C(=C\c2ccc(OCc3ccc(Cl)cc3)c(Br)c2)C(=O)N1CCOc1ccccc1. The van der Waals surface area contributed by atoms with E-state index < -0.39 is 0 Å². The lowest BCUT2D eigenvalue weighted by atomic mass is 10.2. The molecule has 4 rings (SSSR count). The highest BCUT2D eigenvalue weighted by atomic mass is 79.9. The molecule has 8 heteroatoms. The molecule has 0 N–H and O–H groups in total. The van der Waals surface area contributed by atoms with Crippen molar-refractivity contribution in [2.45, 2.75) is 6.61 Å². The third-order valence-corrected chi connectivity index (χ3v) is 6.54. The van der Waals surface area contributed by atoms with Gasteiger partial charge in [0, 0.05) is 5.02 Å². The molecule has 5 nitrogen and oxygen atoms in total. The number of halogens is 2. The van der Waals surface area contributed by atoms with E-state index in [2.05, 4.69) is 15.9 Å². The number of amides is 2. The number of thioether (sulfide) groups is 1. The first-order chi connectivity index (χ1) is 16.0. The third kappa shape index (κ3) is 6.19. The van der Waals surface area contributed by atoms with Crippen molar-refractivity contribution in [2.24, 2.45) is 0 Å². The van der Waals surface area contributed by atoms with Gasteiger partial charge >= 0.3 is 0 Å². The van der Waals surface area contributed by atoms with E-state index in [0.29, 0.717) is 28.0 Å². The van der Waals surface area contributed by atoms with E-state index in [0.717, 1.165) is 27.4 Å². The van der Waals surface area contributed by atoms with Crippen LogP contribution in [-0.2, 0) is 11.4 Å². The first-order valence-corrected chi connectivity index (χ1v) is 12.1. The monoisotopic (exact) mass is 543 g/mol. The van der Waals surface area contributed by atoms with Crippen LogP contribution in [0, 0.1) is 0 Å². The van der Waals surface area contributed by atoms with E-state index in [9.17, 15) is 9.59 Å². The van der Waals surface area contributed by atoms with Crippen molar-refractivity contribution in [2.75, 3.05) is 13.2 Å². The number of ether oxygens (including phenoxy) is 2. The van der Waals surface area contributed by atoms with Gasteiger partial charge < -0.3 is 9.47 Å². The van der Waals surface area contributed by atoms with Crippen molar-refractivity contribution >= 4 is 56.5 Å². The summed E-state index contributed by atoms with van der Waals surface area (Å²) in [6, 6.07) is 22.2. The first-order valence-electron chi connectivity index (χ1n) is 10.1. The van der Waals surface area contributed by atoms with Crippen LogP contribution in [0.4, 0.5) is 4.79 Å². The van der Waals surface area contributed by atoms with Crippen molar-refractivity contribution in [1.29, 1.82) is 0 Å². The van der Waals surface area contributed by atoms with Gasteiger partial charge in [-0.1, -0.05) is 48.0 Å². The molecule has 0 aromatic heterocycles. The number of para-hydroxylation sites is 1. The molecule has 0 bridgehead atoms. The summed E-state index contributed by atoms with van der Waals surface area (Å²) in [5, 5.41) is 0.377. The second-order valence-corrected chi connectivity index (χ2v) is 9.38. The fourth-order valence-electron chi connectivity index (χ4n) is 3.08. The summed E-state index contributed by atoms with van der Waals surface area (Å²) in [6.45, 7) is 0.831. The molecule has 33 heavy (non-hydrogen) atoms. The van der Waals surface area contributed by atoms with Gasteiger partial charge in [-0.25, -0.2) is 0 Å². The quantitative estimate of drug-likeness (QED) is 0.292. The molecule has 0 atom stereocenters. The smallest absolute Gasteiger partial charge is 0.293 e. The molecule has 168 valence electrons. The van der Waals surface area contributed by atoms with Gasteiger partial charge in [0.2, 0.25) is 0 Å². The van der Waals surface area contributed by atoms with Crippen LogP contribution in [0.25, 0.3) is 6.08 Å². The summed E-state index contributed by atoms with van der Waals surface area (Å²) in [5.41, 5.74) is 1.78. The van der Waals surface area contributed by atoms with E-state index in [1.807, 2.05) is 72.8 Å². The summed E-state index contributed by atoms with van der Waals surface area (Å²) in [4.78, 5) is 26.6. The minimum Gasteiger partial charge on any atom is -0.492 e. The molecule has 3 aromatic carbocycles. The molecule has 1 fully saturated rings. The molecule has 1 aliphatic rings. The normalized spacial score (nSPS) is 14.7. The van der Waals surface area contributed by atoms with Gasteiger partial charge in [-0.3, -0.25) is 14.5 Å². The van der Waals surface area contributed by atoms with Crippen LogP contribution in [0.15, 0.2) is 82.2 Å². The molecule has 3 aromatic rings. The van der Waals surface area contributed by atoms with Gasteiger partial charge in [-0.2, -0.15) is 0 Å². The molecule has 0 unspecified atom stereocenters. The summed E-state index contributed by atoms with van der Waals surface area (Å²) in [7, 11) is 0. The van der Waals surface area contributed by atoms with Gasteiger partial charge in [0.25, 0.3) is 11.1 Å². The second-order valence-electron chi connectivity index (χ2n) is 7.10. The van der Waals surface area contributed by atoms with Gasteiger partial charge in [0.1, 0.15) is 24.7 Å². The molecule has 0 saturated carbocycles. The minimum absolute atomic E-state index is 0.193. The number of hydrogen-bond acceptors (Lipinski definition) is 5. The van der Waals surface area contributed by atoms with E-state index in [1.165, 1.54) is 4.90 Å². The lowest BCUT2D eigenvalue weighted by Gasteiger charge is -2.13. The van der Waals surface area contributed by atoms with E-state index >= 15 is 0 Å². The fraction of sp³-hybridized carbons (Fsp3) is 0.120. The molecule has 0 spiro atoms. The number of benzene rings is 3. The number of carbonyl (C=O) groups excluding carboxylic acids is 2.